The van der Waals surface area contributed by atoms with Crippen molar-refractivity contribution in [3.63, 3.8) is 0 Å². The number of ketones is 1. The van der Waals surface area contributed by atoms with Gasteiger partial charge in [-0.05, 0) is 6.92 Å². The quantitative estimate of drug-likeness (QED) is 0.378. The van der Waals surface area contributed by atoms with Crippen molar-refractivity contribution in [2.75, 3.05) is 49.6 Å². The smallest absolute Gasteiger partial charge is 0.378 e. The predicted molar refractivity (Wildman–Crippen MR) is 115 cm³/mol. The normalized spacial score (nSPS) is 15.4. The van der Waals surface area contributed by atoms with Crippen LogP contribution in [0.5, 0.6) is 0 Å². The number of alkyl halides is 6. The lowest BCUT2D eigenvalue weighted by atomic mass is 10.2. The van der Waals surface area contributed by atoms with Crippen LogP contribution < -0.4 is 15.8 Å². The molecule has 0 radical (unpaired) electrons. The fourth-order valence-electron chi connectivity index (χ4n) is 3.40. The van der Waals surface area contributed by atoms with Crippen molar-refractivity contribution in [3.05, 3.63) is 40.1 Å². The Bertz CT molecular complexity index is 1160. The number of amides is 1. The maximum absolute atomic E-state index is 13.1. The van der Waals surface area contributed by atoms with Gasteiger partial charge in [0.15, 0.2) is 0 Å². The van der Waals surface area contributed by atoms with Gasteiger partial charge in [-0.1, -0.05) is 0 Å². The molecule has 1 saturated heterocycles. The second kappa shape index (κ2) is 11.1. The Morgan fingerprint density at radius 1 is 1.05 bits per heavy atom. The highest BCUT2D eigenvalue weighted by atomic mass is 19.4. The largest absolute Gasteiger partial charge is 0.423 e. The van der Waals surface area contributed by atoms with Crippen LogP contribution in [-0.2, 0) is 26.7 Å². The van der Waals surface area contributed by atoms with Crippen molar-refractivity contribution in [1.29, 1.82) is 0 Å². The van der Waals surface area contributed by atoms with Crippen LogP contribution in [0.1, 0.15) is 18.1 Å². The van der Waals surface area contributed by atoms with E-state index >= 15 is 0 Å². The third-order valence-electron chi connectivity index (χ3n) is 5.20. The van der Waals surface area contributed by atoms with Crippen LogP contribution in [0, 0.1) is 0 Å². The number of carbonyl (C=O) groups is 2. The number of anilines is 2. The van der Waals surface area contributed by atoms with Crippen LogP contribution in [0.3, 0.4) is 0 Å². The molecule has 1 aliphatic heterocycles. The zero-order valence-electron chi connectivity index (χ0n) is 19.2. The van der Waals surface area contributed by atoms with Crippen LogP contribution in [0.2, 0.25) is 0 Å². The fourth-order valence-corrected chi connectivity index (χ4v) is 3.40. The average Bonchev–Trinajstić information content (AvgIpc) is 2.82. The Morgan fingerprint density at radius 3 is 2.24 bits per heavy atom. The molecule has 1 amide bonds. The summed E-state index contributed by atoms with van der Waals surface area (Å²) in [7, 11) is 0. The second-order valence-electron chi connectivity index (χ2n) is 8.02. The average molecular weight is 537 g/mol. The molecule has 1 unspecified atom stereocenters. The number of H-pyrrole nitrogens is 1. The number of nitrogens with zero attached hydrogens (tertiary/aromatic N) is 5. The lowest BCUT2D eigenvalue weighted by Crippen LogP contribution is -2.51. The molecule has 0 aromatic carbocycles. The minimum Gasteiger partial charge on any atom is -0.378 e. The number of piperazine rings is 1. The maximum atomic E-state index is 13.1. The summed E-state index contributed by atoms with van der Waals surface area (Å²) in [5.74, 6) is -1.67. The van der Waals surface area contributed by atoms with E-state index in [1.807, 2.05) is 0 Å². The lowest BCUT2D eigenvalue weighted by molar-refractivity contribution is -0.147. The Kier molecular flexibility index (Phi) is 8.35. The number of halogens is 6. The first-order valence-corrected chi connectivity index (χ1v) is 10.7. The summed E-state index contributed by atoms with van der Waals surface area (Å²) in [6.07, 6.45) is -7.38. The highest BCUT2D eigenvalue weighted by Gasteiger charge is 2.37. The van der Waals surface area contributed by atoms with Crippen molar-refractivity contribution < 1.29 is 40.7 Å². The van der Waals surface area contributed by atoms with Gasteiger partial charge in [-0.2, -0.15) is 31.4 Å². The highest BCUT2D eigenvalue weighted by molar-refractivity contribution is 6.36. The van der Waals surface area contributed by atoms with Gasteiger partial charge in [-0.25, -0.2) is 15.1 Å². The summed E-state index contributed by atoms with van der Waals surface area (Å²) in [5.41, 5.74) is -4.43. The van der Waals surface area contributed by atoms with Crippen molar-refractivity contribution in [2.45, 2.75) is 25.3 Å². The molecule has 1 aliphatic rings. The molecule has 0 aliphatic carbocycles. The molecule has 17 heteroatoms. The molecule has 2 aromatic rings. The number of rotatable bonds is 8. The van der Waals surface area contributed by atoms with Gasteiger partial charge in [0.2, 0.25) is 11.7 Å². The van der Waals surface area contributed by atoms with Gasteiger partial charge in [0, 0.05) is 44.6 Å². The van der Waals surface area contributed by atoms with Crippen LogP contribution in [0.4, 0.5) is 38.0 Å². The van der Waals surface area contributed by atoms with Crippen molar-refractivity contribution in [1.82, 2.24) is 25.1 Å². The number of Topliss-reactive ketones (excluding diaryl/α,β-unsaturated/α-hetero) is 1. The Labute approximate surface area is 204 Å². The number of nitrogens with one attached hydrogen (secondary N) is 2. The van der Waals surface area contributed by atoms with E-state index in [1.165, 1.54) is 11.8 Å². The number of hydrogen-bond acceptors (Lipinski definition) is 9. The van der Waals surface area contributed by atoms with Crippen LogP contribution in [0.15, 0.2) is 23.4 Å². The molecule has 37 heavy (non-hydrogen) atoms. The molecule has 3 heterocycles. The molecular formula is C20H21F6N7O4. The number of carbonyl (C=O) groups excluding carboxylic acids is 2. The summed E-state index contributed by atoms with van der Waals surface area (Å²) in [4.78, 5) is 46.3. The number of aromatic amines is 1. The summed E-state index contributed by atoms with van der Waals surface area (Å²) < 4.78 is 82.4. The molecule has 3 rings (SSSR count). The monoisotopic (exact) mass is 537 g/mol. The zero-order chi connectivity index (χ0) is 27.4. The summed E-state index contributed by atoms with van der Waals surface area (Å²) in [6, 6.07) is -0.778. The molecule has 2 aromatic heterocycles. The zero-order valence-corrected chi connectivity index (χ0v) is 19.2. The van der Waals surface area contributed by atoms with E-state index in [4.69, 9.17) is 4.74 Å². The number of aromatic nitrogens is 4. The van der Waals surface area contributed by atoms with Crippen molar-refractivity contribution in [3.8, 4) is 0 Å². The molecule has 0 saturated carbocycles. The fraction of sp³-hybridized carbons (Fsp3) is 0.500. The van der Waals surface area contributed by atoms with E-state index in [1.54, 1.807) is 10.00 Å². The van der Waals surface area contributed by atoms with Gasteiger partial charge in [0.25, 0.3) is 11.5 Å². The Morgan fingerprint density at radius 2 is 1.68 bits per heavy atom. The van der Waals surface area contributed by atoms with Crippen molar-refractivity contribution >= 4 is 23.3 Å². The number of ether oxygens (including phenoxy) is 1. The standard InChI is InChI=1S/C20H21F6N7O4/c1-11(30-13-8-29-31-16(35)15(13)20(24,25)26)9-37-10-14(34)17(36)32-2-4-33(5-3-32)18-27-6-12(7-28-18)19(21,22)23/h6-8,11H,2-5,9-10H2,1H3,(H2,30,31,35). The highest BCUT2D eigenvalue weighted by Crippen LogP contribution is 2.31. The van der Waals surface area contributed by atoms with E-state index in [-0.39, 0.29) is 38.7 Å². The Hall–Kier alpha value is -3.76. The summed E-state index contributed by atoms with van der Waals surface area (Å²) in [5, 5.41) is 7.48. The van der Waals surface area contributed by atoms with Gasteiger partial charge in [0.1, 0.15) is 12.2 Å². The maximum Gasteiger partial charge on any atom is 0.423 e. The van der Waals surface area contributed by atoms with E-state index in [9.17, 15) is 40.7 Å². The first-order valence-electron chi connectivity index (χ1n) is 10.7. The first kappa shape index (κ1) is 27.8. The second-order valence-corrected chi connectivity index (χ2v) is 8.02. The molecule has 0 spiro atoms. The number of hydrogen-bond donors (Lipinski definition) is 2. The third kappa shape index (κ3) is 7.14. The molecular weight excluding hydrogens is 516 g/mol. The van der Waals surface area contributed by atoms with E-state index < -0.39 is 59.1 Å². The molecule has 0 bridgehead atoms. The molecule has 1 atom stereocenters. The predicted octanol–water partition coefficient (Wildman–Crippen LogP) is 1.33. The van der Waals surface area contributed by atoms with Crippen LogP contribution >= 0.6 is 0 Å². The minimum absolute atomic E-state index is 0.0560. The Balaban J connectivity index is 1.45. The van der Waals surface area contributed by atoms with Gasteiger partial charge in [-0.15, -0.1) is 0 Å². The van der Waals surface area contributed by atoms with Gasteiger partial charge in [-0.3, -0.25) is 14.4 Å². The van der Waals surface area contributed by atoms with Gasteiger partial charge >= 0.3 is 12.4 Å². The lowest BCUT2D eigenvalue weighted by Gasteiger charge is -2.34. The van der Waals surface area contributed by atoms with Gasteiger partial charge in [0.05, 0.1) is 24.1 Å². The third-order valence-corrected chi connectivity index (χ3v) is 5.20. The van der Waals surface area contributed by atoms with E-state index in [0.29, 0.717) is 12.4 Å². The SMILES string of the molecule is CC(COCC(=O)C(=O)N1CCN(c2ncc(C(F)(F)F)cn2)CC1)Nc1cn[nH]c(=O)c1C(F)(F)F. The summed E-state index contributed by atoms with van der Waals surface area (Å²) >= 11 is 0. The summed E-state index contributed by atoms with van der Waals surface area (Å²) in [6.45, 7) is 1.08. The van der Waals surface area contributed by atoms with E-state index in [2.05, 4.69) is 20.4 Å². The minimum atomic E-state index is -4.93. The molecule has 11 nitrogen and oxygen atoms in total. The van der Waals surface area contributed by atoms with Crippen LogP contribution in [0.25, 0.3) is 0 Å². The molecule has 202 valence electrons. The topological polar surface area (TPSA) is 133 Å². The van der Waals surface area contributed by atoms with Crippen LogP contribution in [-0.4, -0.2) is 82.2 Å². The van der Waals surface area contributed by atoms with E-state index in [0.717, 1.165) is 6.20 Å². The first-order chi connectivity index (χ1) is 17.3. The molecule has 2 N–H and O–H groups in total. The van der Waals surface area contributed by atoms with Gasteiger partial charge < -0.3 is 19.9 Å². The molecule has 1 fully saturated rings. The van der Waals surface area contributed by atoms with Crippen molar-refractivity contribution in [2.24, 2.45) is 0 Å².